The third-order valence-electron chi connectivity index (χ3n) is 4.32. The van der Waals surface area contributed by atoms with E-state index in [9.17, 15) is 0 Å². The van der Waals surface area contributed by atoms with Gasteiger partial charge in [0.15, 0.2) is 4.34 Å². The number of aromatic nitrogens is 4. The van der Waals surface area contributed by atoms with Crippen molar-refractivity contribution in [2.75, 3.05) is 18.5 Å². The van der Waals surface area contributed by atoms with Gasteiger partial charge in [-0.2, -0.15) is 4.98 Å². The Bertz CT molecular complexity index is 859. The molecule has 0 radical (unpaired) electrons. The Kier molecular flexibility index (Phi) is 6.00. The van der Waals surface area contributed by atoms with E-state index in [0.717, 1.165) is 47.4 Å². The fourth-order valence-corrected chi connectivity index (χ4v) is 4.39. The van der Waals surface area contributed by atoms with Gasteiger partial charge < -0.3 is 14.6 Å². The summed E-state index contributed by atoms with van der Waals surface area (Å²) in [6, 6.07) is 8.23. The number of hydrogen-bond acceptors (Lipinski definition) is 9. The summed E-state index contributed by atoms with van der Waals surface area (Å²) in [5, 5.41) is 16.6. The topological polar surface area (TPSA) is 86.0 Å². The molecule has 142 valence electrons. The lowest BCUT2D eigenvalue weighted by molar-refractivity contribution is 0.120. The zero-order valence-corrected chi connectivity index (χ0v) is 16.7. The van der Waals surface area contributed by atoms with Crippen molar-refractivity contribution >= 4 is 28.2 Å². The molecule has 1 aromatic carbocycles. The lowest BCUT2D eigenvalue weighted by atomic mass is 10.1. The Morgan fingerprint density at radius 2 is 2.15 bits per heavy atom. The fourth-order valence-electron chi connectivity index (χ4n) is 2.79. The molecule has 27 heavy (non-hydrogen) atoms. The summed E-state index contributed by atoms with van der Waals surface area (Å²) in [5.41, 5.74) is 2.25. The van der Waals surface area contributed by atoms with E-state index in [4.69, 9.17) is 9.26 Å². The van der Waals surface area contributed by atoms with Gasteiger partial charge in [0.2, 0.25) is 16.8 Å². The van der Waals surface area contributed by atoms with Crippen LogP contribution < -0.4 is 5.32 Å². The SMILES string of the molecule is CCc1ccc(-c2noc(CSc3nnc(NCC4CCCO4)s3)n2)cc1. The van der Waals surface area contributed by atoms with Crippen molar-refractivity contribution in [3.63, 3.8) is 0 Å². The van der Waals surface area contributed by atoms with Crippen LogP contribution in [0.5, 0.6) is 0 Å². The Hall–Kier alpha value is -1.97. The lowest BCUT2D eigenvalue weighted by Crippen LogP contribution is -2.18. The molecule has 1 aliphatic heterocycles. The molecule has 7 nitrogen and oxygen atoms in total. The second-order valence-electron chi connectivity index (χ2n) is 6.24. The van der Waals surface area contributed by atoms with Crippen LogP contribution in [0.15, 0.2) is 33.1 Å². The van der Waals surface area contributed by atoms with E-state index in [-0.39, 0.29) is 6.10 Å². The molecule has 1 aliphatic rings. The zero-order chi connectivity index (χ0) is 18.5. The number of hydrogen-bond donors (Lipinski definition) is 1. The van der Waals surface area contributed by atoms with Gasteiger partial charge in [-0.3, -0.25) is 0 Å². The molecule has 9 heteroatoms. The first kappa shape index (κ1) is 18.4. The molecule has 0 aliphatic carbocycles. The fraction of sp³-hybridized carbons (Fsp3) is 0.444. The van der Waals surface area contributed by atoms with Crippen LogP contribution in [-0.4, -0.2) is 39.6 Å². The van der Waals surface area contributed by atoms with E-state index in [1.54, 1.807) is 11.8 Å². The Morgan fingerprint density at radius 1 is 1.26 bits per heavy atom. The third-order valence-corrected chi connectivity index (χ3v) is 6.32. The molecule has 1 N–H and O–H groups in total. The summed E-state index contributed by atoms with van der Waals surface area (Å²) in [6.07, 6.45) is 3.54. The van der Waals surface area contributed by atoms with Crippen molar-refractivity contribution in [1.29, 1.82) is 0 Å². The summed E-state index contributed by atoms with van der Waals surface area (Å²) < 4.78 is 11.8. The highest BCUT2D eigenvalue weighted by molar-refractivity contribution is 8.00. The highest BCUT2D eigenvalue weighted by Gasteiger charge is 2.16. The van der Waals surface area contributed by atoms with Crippen molar-refractivity contribution in [1.82, 2.24) is 20.3 Å². The molecule has 3 aromatic rings. The smallest absolute Gasteiger partial charge is 0.237 e. The number of anilines is 1. The molecule has 2 aromatic heterocycles. The van der Waals surface area contributed by atoms with Crippen LogP contribution in [0, 0.1) is 0 Å². The number of nitrogens with zero attached hydrogens (tertiary/aromatic N) is 4. The number of ether oxygens (including phenoxy) is 1. The van der Waals surface area contributed by atoms with Gasteiger partial charge >= 0.3 is 0 Å². The maximum Gasteiger partial charge on any atom is 0.237 e. The quantitative estimate of drug-likeness (QED) is 0.564. The minimum Gasteiger partial charge on any atom is -0.376 e. The molecular formula is C18H21N5O2S2. The normalized spacial score (nSPS) is 16.7. The van der Waals surface area contributed by atoms with Gasteiger partial charge in [-0.05, 0) is 24.8 Å². The van der Waals surface area contributed by atoms with E-state index < -0.39 is 0 Å². The van der Waals surface area contributed by atoms with E-state index >= 15 is 0 Å². The van der Waals surface area contributed by atoms with Crippen molar-refractivity contribution < 1.29 is 9.26 Å². The van der Waals surface area contributed by atoms with Crippen LogP contribution in [-0.2, 0) is 16.9 Å². The van der Waals surface area contributed by atoms with Gasteiger partial charge in [0.05, 0.1) is 11.9 Å². The predicted molar refractivity (Wildman–Crippen MR) is 106 cm³/mol. The standard InChI is InChI=1S/C18H21N5O2S2/c1-2-12-5-7-13(8-6-12)16-20-15(25-23-16)11-26-18-22-21-17(27-18)19-10-14-4-3-9-24-14/h5-8,14H,2-4,9-11H2,1H3,(H,19,21). The summed E-state index contributed by atoms with van der Waals surface area (Å²) in [4.78, 5) is 4.47. The van der Waals surface area contributed by atoms with E-state index in [0.29, 0.717) is 17.5 Å². The van der Waals surface area contributed by atoms with E-state index in [1.807, 2.05) is 12.1 Å². The van der Waals surface area contributed by atoms with Crippen LogP contribution >= 0.6 is 23.1 Å². The third kappa shape index (κ3) is 4.85. The van der Waals surface area contributed by atoms with Gasteiger partial charge in [0, 0.05) is 18.7 Å². The molecule has 0 amide bonds. The van der Waals surface area contributed by atoms with Gasteiger partial charge in [-0.15, -0.1) is 10.2 Å². The van der Waals surface area contributed by atoms with E-state index in [2.05, 4.69) is 44.7 Å². The second-order valence-corrected chi connectivity index (χ2v) is 8.44. The van der Waals surface area contributed by atoms with E-state index in [1.165, 1.54) is 16.9 Å². The lowest BCUT2D eigenvalue weighted by Gasteiger charge is -2.08. The van der Waals surface area contributed by atoms with Crippen LogP contribution in [0.2, 0.25) is 0 Å². The molecule has 0 spiro atoms. The molecule has 1 fully saturated rings. The minimum absolute atomic E-state index is 0.285. The highest BCUT2D eigenvalue weighted by atomic mass is 32.2. The highest BCUT2D eigenvalue weighted by Crippen LogP contribution is 2.29. The van der Waals surface area contributed by atoms with Crippen LogP contribution in [0.3, 0.4) is 0 Å². The number of rotatable bonds is 8. The average molecular weight is 404 g/mol. The van der Waals surface area contributed by atoms with Gasteiger partial charge in [-0.1, -0.05) is 59.4 Å². The summed E-state index contributed by atoms with van der Waals surface area (Å²) in [5.74, 6) is 1.77. The molecule has 1 atom stereocenters. The Labute approximate surface area is 165 Å². The first-order valence-corrected chi connectivity index (χ1v) is 10.8. The monoisotopic (exact) mass is 403 g/mol. The first-order valence-electron chi connectivity index (χ1n) is 9.04. The number of nitrogens with one attached hydrogen (secondary N) is 1. The summed E-state index contributed by atoms with van der Waals surface area (Å²) in [7, 11) is 0. The molecule has 3 heterocycles. The molecule has 4 rings (SSSR count). The average Bonchev–Trinajstić information content (AvgIpc) is 3.47. The predicted octanol–water partition coefficient (Wildman–Crippen LogP) is 4.03. The number of aryl methyl sites for hydroxylation is 1. The molecular weight excluding hydrogens is 382 g/mol. The zero-order valence-electron chi connectivity index (χ0n) is 15.1. The van der Waals surface area contributed by atoms with Crippen molar-refractivity contribution in [2.45, 2.75) is 42.4 Å². The van der Waals surface area contributed by atoms with Gasteiger partial charge in [0.1, 0.15) is 0 Å². The largest absolute Gasteiger partial charge is 0.376 e. The Balaban J connectivity index is 1.29. The maximum absolute atomic E-state index is 5.60. The summed E-state index contributed by atoms with van der Waals surface area (Å²) >= 11 is 3.07. The molecule has 0 bridgehead atoms. The molecule has 1 unspecified atom stereocenters. The van der Waals surface area contributed by atoms with Gasteiger partial charge in [-0.25, -0.2) is 0 Å². The van der Waals surface area contributed by atoms with Crippen molar-refractivity contribution in [3.05, 3.63) is 35.7 Å². The minimum atomic E-state index is 0.285. The van der Waals surface area contributed by atoms with Crippen LogP contribution in [0.4, 0.5) is 5.13 Å². The number of benzene rings is 1. The first-order chi connectivity index (χ1) is 13.3. The second kappa shape index (κ2) is 8.81. The van der Waals surface area contributed by atoms with Crippen molar-refractivity contribution in [3.8, 4) is 11.4 Å². The van der Waals surface area contributed by atoms with Crippen LogP contribution in [0.25, 0.3) is 11.4 Å². The number of thioether (sulfide) groups is 1. The molecule has 1 saturated heterocycles. The van der Waals surface area contributed by atoms with Crippen molar-refractivity contribution in [2.24, 2.45) is 0 Å². The van der Waals surface area contributed by atoms with Crippen LogP contribution in [0.1, 0.15) is 31.2 Å². The molecule has 0 saturated carbocycles. The maximum atomic E-state index is 5.60. The Morgan fingerprint density at radius 3 is 2.93 bits per heavy atom. The van der Waals surface area contributed by atoms with Gasteiger partial charge in [0.25, 0.3) is 0 Å². The summed E-state index contributed by atoms with van der Waals surface area (Å²) in [6.45, 7) is 3.78.